The Morgan fingerprint density at radius 1 is 1.16 bits per heavy atom. The van der Waals surface area contributed by atoms with Crippen LogP contribution in [-0.4, -0.2) is 27.4 Å². The van der Waals surface area contributed by atoms with Crippen LogP contribution in [0.1, 0.15) is 67.7 Å². The van der Waals surface area contributed by atoms with Crippen LogP contribution in [0.15, 0.2) is 30.5 Å². The summed E-state index contributed by atoms with van der Waals surface area (Å²) in [7, 11) is 0. The number of carbonyl (C=O) groups excluding carboxylic acids is 1. The summed E-state index contributed by atoms with van der Waals surface area (Å²) < 4.78 is 1.71. The Kier molecular flexibility index (Phi) is 6.70. The first-order valence-electron chi connectivity index (χ1n) is 8.90. The summed E-state index contributed by atoms with van der Waals surface area (Å²) in [6, 6.07) is 7.97. The minimum atomic E-state index is -0.249. The first-order valence-corrected chi connectivity index (χ1v) is 8.90. The van der Waals surface area contributed by atoms with E-state index in [-0.39, 0.29) is 11.9 Å². The first-order chi connectivity index (χ1) is 11.9. The quantitative estimate of drug-likeness (QED) is 0.772. The number of nitrogens with one attached hydrogen (secondary N) is 1. The highest BCUT2D eigenvalue weighted by atomic mass is 16.2. The molecule has 1 atom stereocenters. The van der Waals surface area contributed by atoms with E-state index in [0.29, 0.717) is 24.1 Å². The van der Waals surface area contributed by atoms with Gasteiger partial charge in [0.25, 0.3) is 5.91 Å². The van der Waals surface area contributed by atoms with Crippen molar-refractivity contribution in [3.63, 3.8) is 0 Å². The van der Waals surface area contributed by atoms with Gasteiger partial charge >= 0.3 is 0 Å². The smallest absolute Gasteiger partial charge is 0.273 e. The highest BCUT2D eigenvalue weighted by Crippen LogP contribution is 2.17. The second kappa shape index (κ2) is 8.76. The summed E-state index contributed by atoms with van der Waals surface area (Å²) in [6.07, 6.45) is 2.68. The normalized spacial score (nSPS) is 12.6. The van der Waals surface area contributed by atoms with Crippen molar-refractivity contribution in [1.29, 1.82) is 0 Å². The van der Waals surface area contributed by atoms with Gasteiger partial charge in [0.05, 0.1) is 6.20 Å². The van der Waals surface area contributed by atoms with Gasteiger partial charge in [-0.25, -0.2) is 0 Å². The molecule has 0 aliphatic rings. The standard InChI is InChI=1S/C19H29N5O/c1-13(2)9-10-24-12-18(22-23-24)19(25)21-11-17(20)16-7-5-15(6-8-16)14(3)4/h5-8,12-14,17H,9-11,20H2,1-4H3,(H,21,25). The fraction of sp³-hybridized carbons (Fsp3) is 0.526. The average molecular weight is 343 g/mol. The van der Waals surface area contributed by atoms with Crippen molar-refractivity contribution in [3.8, 4) is 0 Å². The molecule has 0 spiro atoms. The van der Waals surface area contributed by atoms with Crippen molar-refractivity contribution >= 4 is 5.91 Å². The molecule has 3 N–H and O–H groups in total. The molecule has 6 heteroatoms. The van der Waals surface area contributed by atoms with Crippen LogP contribution in [-0.2, 0) is 6.54 Å². The zero-order chi connectivity index (χ0) is 18.4. The molecule has 1 heterocycles. The van der Waals surface area contributed by atoms with Crippen molar-refractivity contribution in [1.82, 2.24) is 20.3 Å². The van der Waals surface area contributed by atoms with Crippen LogP contribution in [0, 0.1) is 5.92 Å². The maximum absolute atomic E-state index is 12.2. The molecule has 0 aliphatic heterocycles. The van der Waals surface area contributed by atoms with Crippen molar-refractivity contribution in [3.05, 3.63) is 47.3 Å². The third-order valence-corrected chi connectivity index (χ3v) is 4.22. The lowest BCUT2D eigenvalue weighted by atomic mass is 9.99. The minimum absolute atomic E-state index is 0.245. The third-order valence-electron chi connectivity index (χ3n) is 4.22. The van der Waals surface area contributed by atoms with Gasteiger partial charge in [0, 0.05) is 19.1 Å². The Morgan fingerprint density at radius 3 is 2.40 bits per heavy atom. The van der Waals surface area contributed by atoms with E-state index in [0.717, 1.165) is 18.5 Å². The molecule has 25 heavy (non-hydrogen) atoms. The molecule has 1 aromatic carbocycles. The van der Waals surface area contributed by atoms with Gasteiger partial charge in [0.1, 0.15) is 0 Å². The minimum Gasteiger partial charge on any atom is -0.349 e. The maximum atomic E-state index is 12.2. The maximum Gasteiger partial charge on any atom is 0.273 e. The predicted molar refractivity (Wildman–Crippen MR) is 99.3 cm³/mol. The summed E-state index contributed by atoms with van der Waals surface area (Å²) >= 11 is 0. The number of hydrogen-bond donors (Lipinski definition) is 2. The number of hydrogen-bond acceptors (Lipinski definition) is 4. The summed E-state index contributed by atoms with van der Waals surface area (Å²) in [6.45, 7) is 9.74. The number of nitrogens with two attached hydrogens (primary N) is 1. The Balaban J connectivity index is 1.86. The topological polar surface area (TPSA) is 85.8 Å². The monoisotopic (exact) mass is 343 g/mol. The number of nitrogens with zero attached hydrogens (tertiary/aromatic N) is 3. The third kappa shape index (κ3) is 5.67. The molecule has 0 bridgehead atoms. The first kappa shape index (κ1) is 19.1. The van der Waals surface area contributed by atoms with Crippen LogP contribution in [0.3, 0.4) is 0 Å². The largest absolute Gasteiger partial charge is 0.349 e. The number of aromatic nitrogens is 3. The molecule has 1 amide bonds. The van der Waals surface area contributed by atoms with Gasteiger partial charge in [-0.15, -0.1) is 5.10 Å². The van der Waals surface area contributed by atoms with Crippen LogP contribution in [0.5, 0.6) is 0 Å². The van der Waals surface area contributed by atoms with Crippen LogP contribution in [0.2, 0.25) is 0 Å². The van der Waals surface area contributed by atoms with E-state index in [1.807, 2.05) is 12.1 Å². The average Bonchev–Trinajstić information content (AvgIpc) is 3.06. The summed E-state index contributed by atoms with van der Waals surface area (Å²) in [5, 5.41) is 10.8. The lowest BCUT2D eigenvalue weighted by molar-refractivity contribution is 0.0946. The van der Waals surface area contributed by atoms with Crippen molar-refractivity contribution in [2.45, 2.75) is 52.6 Å². The molecule has 2 aromatic rings. The van der Waals surface area contributed by atoms with Gasteiger partial charge in [0.15, 0.2) is 5.69 Å². The zero-order valence-corrected chi connectivity index (χ0v) is 15.6. The highest BCUT2D eigenvalue weighted by Gasteiger charge is 2.13. The SMILES string of the molecule is CC(C)CCn1cc(C(=O)NCC(N)c2ccc(C(C)C)cc2)nn1. The van der Waals surface area contributed by atoms with Crippen molar-refractivity contribution < 1.29 is 4.79 Å². The van der Waals surface area contributed by atoms with E-state index in [4.69, 9.17) is 5.73 Å². The van der Waals surface area contributed by atoms with E-state index in [1.165, 1.54) is 5.56 Å². The van der Waals surface area contributed by atoms with E-state index >= 15 is 0 Å². The van der Waals surface area contributed by atoms with E-state index in [1.54, 1.807) is 10.9 Å². The predicted octanol–water partition coefficient (Wildman–Crippen LogP) is 2.88. The second-order valence-electron chi connectivity index (χ2n) is 7.19. The fourth-order valence-electron chi connectivity index (χ4n) is 2.44. The Morgan fingerprint density at radius 2 is 1.80 bits per heavy atom. The molecular weight excluding hydrogens is 314 g/mol. The molecule has 0 saturated carbocycles. The number of carbonyl (C=O) groups is 1. The van der Waals surface area contributed by atoms with E-state index in [9.17, 15) is 4.79 Å². The van der Waals surface area contributed by atoms with E-state index < -0.39 is 0 Å². The van der Waals surface area contributed by atoms with Gasteiger partial charge in [-0.3, -0.25) is 9.48 Å². The number of amides is 1. The van der Waals surface area contributed by atoms with Gasteiger partial charge in [-0.05, 0) is 29.4 Å². The fourth-order valence-corrected chi connectivity index (χ4v) is 2.44. The number of benzene rings is 1. The van der Waals surface area contributed by atoms with Crippen molar-refractivity contribution in [2.75, 3.05) is 6.54 Å². The molecule has 0 radical (unpaired) electrons. The number of aryl methyl sites for hydroxylation is 1. The molecule has 1 unspecified atom stereocenters. The molecule has 1 aromatic heterocycles. The van der Waals surface area contributed by atoms with E-state index in [2.05, 4.69) is 55.5 Å². The molecule has 0 fully saturated rings. The van der Waals surface area contributed by atoms with Gasteiger partial charge in [-0.2, -0.15) is 0 Å². The van der Waals surface area contributed by atoms with Gasteiger partial charge in [-0.1, -0.05) is 57.2 Å². The molecule has 0 aliphatic carbocycles. The zero-order valence-electron chi connectivity index (χ0n) is 15.6. The molecular formula is C19H29N5O. The highest BCUT2D eigenvalue weighted by molar-refractivity contribution is 5.91. The Hall–Kier alpha value is -2.21. The second-order valence-corrected chi connectivity index (χ2v) is 7.19. The number of rotatable bonds is 8. The summed E-state index contributed by atoms with van der Waals surface area (Å²) in [4.78, 5) is 12.2. The van der Waals surface area contributed by atoms with Crippen LogP contribution >= 0.6 is 0 Å². The van der Waals surface area contributed by atoms with Crippen LogP contribution in [0.25, 0.3) is 0 Å². The van der Waals surface area contributed by atoms with Crippen molar-refractivity contribution in [2.24, 2.45) is 11.7 Å². The lowest BCUT2D eigenvalue weighted by Crippen LogP contribution is -2.32. The van der Waals surface area contributed by atoms with Crippen LogP contribution in [0.4, 0.5) is 0 Å². The molecule has 2 rings (SSSR count). The Bertz CT molecular complexity index is 675. The van der Waals surface area contributed by atoms with Crippen LogP contribution < -0.4 is 11.1 Å². The summed E-state index contributed by atoms with van der Waals surface area (Å²) in [5.74, 6) is 0.829. The molecule has 6 nitrogen and oxygen atoms in total. The Labute approximate surface area is 149 Å². The lowest BCUT2D eigenvalue weighted by Gasteiger charge is -2.14. The molecule has 0 saturated heterocycles. The summed E-state index contributed by atoms with van der Waals surface area (Å²) in [5.41, 5.74) is 8.78. The van der Waals surface area contributed by atoms with Gasteiger partial charge in [0.2, 0.25) is 0 Å². The van der Waals surface area contributed by atoms with Gasteiger partial charge < -0.3 is 11.1 Å². The molecule has 136 valence electrons.